The van der Waals surface area contributed by atoms with E-state index in [1.807, 2.05) is 73.3 Å². The summed E-state index contributed by atoms with van der Waals surface area (Å²) in [6.45, 7) is 4.62. The number of halogens is 1. The molecule has 0 atom stereocenters. The molecule has 1 amide bonds. The molecule has 0 aliphatic rings. The van der Waals surface area contributed by atoms with Crippen molar-refractivity contribution in [3.63, 3.8) is 0 Å². The van der Waals surface area contributed by atoms with Crippen molar-refractivity contribution in [2.24, 2.45) is 0 Å². The molecule has 0 unspecified atom stereocenters. The number of amides is 1. The highest BCUT2D eigenvalue weighted by molar-refractivity contribution is 9.10. The van der Waals surface area contributed by atoms with Crippen molar-refractivity contribution in [1.29, 1.82) is 0 Å². The molecule has 3 aromatic rings. The Morgan fingerprint density at radius 1 is 1.12 bits per heavy atom. The van der Waals surface area contributed by atoms with Crippen LogP contribution in [0.5, 0.6) is 0 Å². The van der Waals surface area contributed by atoms with E-state index in [1.54, 1.807) is 0 Å². The third-order valence-corrected chi connectivity index (χ3v) is 4.68. The molecular formula is C19H20BrN5O. The van der Waals surface area contributed by atoms with Crippen molar-refractivity contribution in [3.8, 4) is 11.4 Å². The highest BCUT2D eigenvalue weighted by Gasteiger charge is 2.19. The summed E-state index contributed by atoms with van der Waals surface area (Å²) in [6.07, 6.45) is 0. The van der Waals surface area contributed by atoms with E-state index < -0.39 is 0 Å². The van der Waals surface area contributed by atoms with Gasteiger partial charge < -0.3 is 4.90 Å². The highest BCUT2D eigenvalue weighted by Crippen LogP contribution is 2.24. The second kappa shape index (κ2) is 8.23. The SMILES string of the molecule is CC(C)N(Cc1ccccc1)C(=O)Cn1nnc(-c2ccccc2Br)n1. The molecule has 3 rings (SSSR count). The van der Waals surface area contributed by atoms with Crippen molar-refractivity contribution in [2.45, 2.75) is 33.0 Å². The number of hydrogen-bond acceptors (Lipinski definition) is 4. The number of carbonyl (C=O) groups excluding carboxylic acids is 1. The van der Waals surface area contributed by atoms with Crippen molar-refractivity contribution in [1.82, 2.24) is 25.1 Å². The Bertz CT molecular complexity index is 878. The molecule has 0 aliphatic carbocycles. The van der Waals surface area contributed by atoms with Crippen molar-refractivity contribution in [3.05, 3.63) is 64.6 Å². The number of hydrogen-bond donors (Lipinski definition) is 0. The van der Waals surface area contributed by atoms with E-state index in [0.717, 1.165) is 15.6 Å². The number of carbonyl (C=O) groups is 1. The predicted molar refractivity (Wildman–Crippen MR) is 103 cm³/mol. The number of tetrazole rings is 1. The van der Waals surface area contributed by atoms with Crippen LogP contribution in [0.15, 0.2) is 59.1 Å². The minimum Gasteiger partial charge on any atom is -0.334 e. The van der Waals surface area contributed by atoms with Crippen LogP contribution < -0.4 is 0 Å². The fourth-order valence-electron chi connectivity index (χ4n) is 2.61. The molecule has 0 saturated carbocycles. The van der Waals surface area contributed by atoms with Gasteiger partial charge in [0.1, 0.15) is 6.54 Å². The van der Waals surface area contributed by atoms with Gasteiger partial charge in [-0.2, -0.15) is 4.80 Å². The monoisotopic (exact) mass is 413 g/mol. The summed E-state index contributed by atoms with van der Waals surface area (Å²) in [4.78, 5) is 15.9. The quantitative estimate of drug-likeness (QED) is 0.619. The first-order valence-corrected chi connectivity index (χ1v) is 9.20. The topological polar surface area (TPSA) is 63.9 Å². The Hall–Kier alpha value is -2.54. The van der Waals surface area contributed by atoms with Gasteiger partial charge in [-0.05, 0) is 36.8 Å². The molecule has 0 spiro atoms. The van der Waals surface area contributed by atoms with Crippen LogP contribution >= 0.6 is 15.9 Å². The predicted octanol–water partition coefficient (Wildman–Crippen LogP) is 3.54. The van der Waals surface area contributed by atoms with Gasteiger partial charge in [0.05, 0.1) is 0 Å². The summed E-state index contributed by atoms with van der Waals surface area (Å²) in [5.74, 6) is 0.448. The lowest BCUT2D eigenvalue weighted by atomic mass is 10.2. The third-order valence-electron chi connectivity index (χ3n) is 3.98. The van der Waals surface area contributed by atoms with Gasteiger partial charge in [-0.3, -0.25) is 4.79 Å². The summed E-state index contributed by atoms with van der Waals surface area (Å²) in [5, 5.41) is 12.4. The van der Waals surface area contributed by atoms with Crippen LogP contribution in [0.2, 0.25) is 0 Å². The van der Waals surface area contributed by atoms with Crippen LogP contribution in [0.4, 0.5) is 0 Å². The summed E-state index contributed by atoms with van der Waals surface area (Å²) < 4.78 is 0.888. The third kappa shape index (κ3) is 4.35. The maximum atomic E-state index is 12.8. The van der Waals surface area contributed by atoms with Crippen molar-refractivity contribution in [2.75, 3.05) is 0 Å². The Morgan fingerprint density at radius 2 is 1.81 bits per heavy atom. The van der Waals surface area contributed by atoms with Gasteiger partial charge in [0.2, 0.25) is 11.7 Å². The molecule has 134 valence electrons. The van der Waals surface area contributed by atoms with Crippen LogP contribution in [0.3, 0.4) is 0 Å². The zero-order chi connectivity index (χ0) is 18.5. The maximum Gasteiger partial charge on any atom is 0.246 e. The Kier molecular flexibility index (Phi) is 5.78. The van der Waals surface area contributed by atoms with E-state index in [-0.39, 0.29) is 18.5 Å². The van der Waals surface area contributed by atoms with Crippen LogP contribution in [-0.2, 0) is 17.9 Å². The van der Waals surface area contributed by atoms with E-state index in [0.29, 0.717) is 12.4 Å². The molecule has 0 saturated heterocycles. The first kappa shape index (κ1) is 18.3. The van der Waals surface area contributed by atoms with Gasteiger partial charge in [-0.1, -0.05) is 58.4 Å². The van der Waals surface area contributed by atoms with E-state index in [1.165, 1.54) is 4.80 Å². The largest absolute Gasteiger partial charge is 0.334 e. The van der Waals surface area contributed by atoms with Gasteiger partial charge in [0, 0.05) is 22.6 Å². The van der Waals surface area contributed by atoms with E-state index in [9.17, 15) is 4.79 Å². The lowest BCUT2D eigenvalue weighted by Gasteiger charge is -2.26. The number of benzene rings is 2. The number of aromatic nitrogens is 4. The van der Waals surface area contributed by atoms with Gasteiger partial charge in [0.15, 0.2) is 0 Å². The second-order valence-electron chi connectivity index (χ2n) is 6.22. The Morgan fingerprint density at radius 3 is 2.50 bits per heavy atom. The zero-order valence-electron chi connectivity index (χ0n) is 14.7. The van der Waals surface area contributed by atoms with Crippen LogP contribution in [-0.4, -0.2) is 37.1 Å². The number of nitrogens with zero attached hydrogens (tertiary/aromatic N) is 5. The number of rotatable bonds is 6. The van der Waals surface area contributed by atoms with E-state index in [4.69, 9.17) is 0 Å². The molecule has 0 fully saturated rings. The molecule has 26 heavy (non-hydrogen) atoms. The normalized spacial score (nSPS) is 10.9. The van der Waals surface area contributed by atoms with E-state index >= 15 is 0 Å². The molecule has 0 bridgehead atoms. The average molecular weight is 414 g/mol. The molecule has 1 heterocycles. The first-order chi connectivity index (χ1) is 12.5. The maximum absolute atomic E-state index is 12.8. The van der Waals surface area contributed by atoms with Gasteiger partial charge >= 0.3 is 0 Å². The molecule has 7 heteroatoms. The molecule has 1 aromatic heterocycles. The summed E-state index contributed by atoms with van der Waals surface area (Å²) in [5.41, 5.74) is 1.94. The van der Waals surface area contributed by atoms with Gasteiger partial charge in [-0.15, -0.1) is 10.2 Å². The molecular weight excluding hydrogens is 394 g/mol. The van der Waals surface area contributed by atoms with E-state index in [2.05, 4.69) is 31.3 Å². The lowest BCUT2D eigenvalue weighted by Crippen LogP contribution is -2.39. The Labute approximate surface area is 161 Å². The lowest BCUT2D eigenvalue weighted by molar-refractivity contribution is -0.134. The zero-order valence-corrected chi connectivity index (χ0v) is 16.3. The van der Waals surface area contributed by atoms with Gasteiger partial charge in [-0.25, -0.2) is 0 Å². The average Bonchev–Trinajstić information content (AvgIpc) is 3.08. The summed E-state index contributed by atoms with van der Waals surface area (Å²) in [6, 6.07) is 17.7. The Balaban J connectivity index is 1.73. The van der Waals surface area contributed by atoms with Crippen LogP contribution in [0, 0.1) is 0 Å². The van der Waals surface area contributed by atoms with Crippen LogP contribution in [0.25, 0.3) is 11.4 Å². The highest BCUT2D eigenvalue weighted by atomic mass is 79.9. The summed E-state index contributed by atoms with van der Waals surface area (Å²) in [7, 11) is 0. The standard InChI is InChI=1S/C19H20BrN5O/c1-14(2)24(12-15-8-4-3-5-9-15)18(26)13-25-22-19(21-23-25)16-10-6-7-11-17(16)20/h3-11,14H,12-13H2,1-2H3. The second-order valence-corrected chi connectivity index (χ2v) is 7.08. The van der Waals surface area contributed by atoms with Gasteiger partial charge in [0.25, 0.3) is 0 Å². The minimum atomic E-state index is -0.0417. The summed E-state index contributed by atoms with van der Waals surface area (Å²) >= 11 is 3.48. The molecule has 0 aliphatic heterocycles. The molecule has 6 nitrogen and oxygen atoms in total. The minimum absolute atomic E-state index is 0.0417. The molecule has 0 radical (unpaired) electrons. The molecule has 2 aromatic carbocycles. The molecule has 0 N–H and O–H groups in total. The fourth-order valence-corrected chi connectivity index (χ4v) is 3.07. The fraction of sp³-hybridized carbons (Fsp3) is 0.263. The van der Waals surface area contributed by atoms with Crippen molar-refractivity contribution < 1.29 is 4.79 Å². The van der Waals surface area contributed by atoms with Crippen molar-refractivity contribution >= 4 is 21.8 Å². The smallest absolute Gasteiger partial charge is 0.246 e. The van der Waals surface area contributed by atoms with Crippen LogP contribution in [0.1, 0.15) is 19.4 Å². The first-order valence-electron chi connectivity index (χ1n) is 8.40.